The summed E-state index contributed by atoms with van der Waals surface area (Å²) >= 11 is 0. The van der Waals surface area contributed by atoms with Gasteiger partial charge in [0.15, 0.2) is 5.78 Å². The summed E-state index contributed by atoms with van der Waals surface area (Å²) in [5.41, 5.74) is 4.44. The van der Waals surface area contributed by atoms with Gasteiger partial charge in [0, 0.05) is 5.56 Å². The maximum Gasteiger partial charge on any atom is 0.159 e. The van der Waals surface area contributed by atoms with Crippen molar-refractivity contribution in [3.8, 4) is 0 Å². The molecule has 1 nitrogen and oxygen atoms in total. The second kappa shape index (κ2) is 10.8. The summed E-state index contributed by atoms with van der Waals surface area (Å²) in [7, 11) is 0. The van der Waals surface area contributed by atoms with Crippen molar-refractivity contribution >= 4 is 11.4 Å². The van der Waals surface area contributed by atoms with Gasteiger partial charge in [-0.25, -0.2) is 0 Å². The number of allylic oxidation sites excluding steroid dienone is 2. The van der Waals surface area contributed by atoms with Crippen molar-refractivity contribution in [2.75, 3.05) is 0 Å². The first kappa shape index (κ1) is 19.0. The van der Waals surface area contributed by atoms with Crippen LogP contribution in [0.4, 0.5) is 0 Å². The summed E-state index contributed by atoms with van der Waals surface area (Å²) < 4.78 is 0. The highest BCUT2D eigenvalue weighted by molar-refractivity contribution is 5.94. The third-order valence-corrected chi connectivity index (χ3v) is 2.45. The second-order valence-corrected chi connectivity index (χ2v) is 3.76. The molecule has 0 bridgehead atoms. The molecule has 0 atom stereocenters. The number of rotatable bonds is 2. The van der Waals surface area contributed by atoms with E-state index in [-0.39, 0.29) is 5.78 Å². The predicted molar refractivity (Wildman–Crippen MR) is 83.1 cm³/mol. The number of ketones is 1. The molecule has 0 saturated heterocycles. The van der Waals surface area contributed by atoms with Crippen LogP contribution in [-0.2, 0) is 0 Å². The predicted octanol–water partition coefficient (Wildman–Crippen LogP) is 5.75. The maximum atomic E-state index is 11.2. The van der Waals surface area contributed by atoms with E-state index in [2.05, 4.69) is 20.8 Å². The van der Waals surface area contributed by atoms with E-state index in [1.54, 1.807) is 6.92 Å². The summed E-state index contributed by atoms with van der Waals surface area (Å²) in [6.45, 7) is 15.8. The molecule has 1 aromatic carbocycles. The number of Topliss-reactive ketones (excluding diaryl/α,β-unsaturated/α-hetero) is 1. The van der Waals surface area contributed by atoms with Gasteiger partial charge in [-0.1, -0.05) is 51.5 Å². The lowest BCUT2D eigenvalue weighted by molar-refractivity contribution is 0.101. The Morgan fingerprint density at radius 2 is 1.28 bits per heavy atom. The summed E-state index contributed by atoms with van der Waals surface area (Å²) in [4.78, 5) is 11.2. The van der Waals surface area contributed by atoms with Crippen LogP contribution < -0.4 is 0 Å². The van der Waals surface area contributed by atoms with Crippen LogP contribution in [0.2, 0.25) is 0 Å². The topological polar surface area (TPSA) is 17.1 Å². The molecule has 0 unspecified atom stereocenters. The monoisotopic (exact) mass is 248 g/mol. The third kappa shape index (κ3) is 6.39. The molecule has 0 aliphatic rings. The van der Waals surface area contributed by atoms with Gasteiger partial charge in [-0.2, -0.15) is 0 Å². The lowest BCUT2D eigenvalue weighted by Gasteiger charge is -2.05. The van der Waals surface area contributed by atoms with E-state index >= 15 is 0 Å². The van der Waals surface area contributed by atoms with Crippen molar-refractivity contribution in [1.29, 1.82) is 0 Å². The van der Waals surface area contributed by atoms with Gasteiger partial charge >= 0.3 is 0 Å². The fraction of sp³-hybridized carbons (Fsp3) is 0.471. The highest BCUT2D eigenvalue weighted by Gasteiger charge is 2.02. The molecule has 0 fully saturated rings. The zero-order chi connectivity index (χ0) is 14.7. The van der Waals surface area contributed by atoms with E-state index in [0.29, 0.717) is 0 Å². The molecule has 0 saturated carbocycles. The lowest BCUT2D eigenvalue weighted by atomic mass is 10.00. The maximum absolute atomic E-state index is 11.2. The Hall–Kier alpha value is -1.37. The largest absolute Gasteiger partial charge is 0.295 e. The first-order chi connectivity index (χ1) is 8.52. The Balaban J connectivity index is 0. The average Bonchev–Trinajstić information content (AvgIpc) is 2.42. The van der Waals surface area contributed by atoms with Gasteiger partial charge in [0.2, 0.25) is 0 Å². The molecule has 0 heterocycles. The van der Waals surface area contributed by atoms with E-state index < -0.39 is 0 Å². The van der Waals surface area contributed by atoms with Crippen LogP contribution in [0.5, 0.6) is 0 Å². The van der Waals surface area contributed by atoms with E-state index in [4.69, 9.17) is 0 Å². The first-order valence-corrected chi connectivity index (χ1v) is 6.78. The summed E-state index contributed by atoms with van der Waals surface area (Å²) in [6.07, 6.45) is 0. The minimum Gasteiger partial charge on any atom is -0.295 e. The molecule has 18 heavy (non-hydrogen) atoms. The minimum absolute atomic E-state index is 0.119. The van der Waals surface area contributed by atoms with Crippen LogP contribution in [0.3, 0.4) is 0 Å². The van der Waals surface area contributed by atoms with Crippen molar-refractivity contribution < 1.29 is 4.79 Å². The van der Waals surface area contributed by atoms with Crippen LogP contribution >= 0.6 is 0 Å². The van der Waals surface area contributed by atoms with Crippen LogP contribution in [-0.4, -0.2) is 5.78 Å². The summed E-state index contributed by atoms with van der Waals surface area (Å²) in [5.74, 6) is 0.119. The molecule has 0 amide bonds. The zero-order valence-electron chi connectivity index (χ0n) is 13.2. The van der Waals surface area contributed by atoms with Gasteiger partial charge in [0.25, 0.3) is 0 Å². The fourth-order valence-corrected chi connectivity index (χ4v) is 1.26. The van der Waals surface area contributed by atoms with Crippen LogP contribution in [0.15, 0.2) is 29.8 Å². The van der Waals surface area contributed by atoms with E-state index in [1.807, 2.05) is 52.0 Å². The van der Waals surface area contributed by atoms with Gasteiger partial charge < -0.3 is 0 Å². The van der Waals surface area contributed by atoms with Crippen molar-refractivity contribution in [3.63, 3.8) is 0 Å². The molecule has 1 rings (SSSR count). The third-order valence-electron chi connectivity index (χ3n) is 2.45. The van der Waals surface area contributed by atoms with Crippen molar-refractivity contribution in [3.05, 3.63) is 41.0 Å². The SMILES string of the molecule is CC.CC.CC(=O)c1cccc(C(C)=C(C)C)c1. The highest BCUT2D eigenvalue weighted by Crippen LogP contribution is 2.18. The van der Waals surface area contributed by atoms with Crippen LogP contribution in [0.1, 0.15) is 71.3 Å². The van der Waals surface area contributed by atoms with Gasteiger partial charge in [0.1, 0.15) is 0 Å². The molecule has 1 heteroatoms. The Bertz CT molecular complexity index is 382. The van der Waals surface area contributed by atoms with Gasteiger partial charge in [-0.05, 0) is 44.9 Å². The molecule has 1 aromatic rings. The number of hydrogen-bond donors (Lipinski definition) is 0. The minimum atomic E-state index is 0.119. The molecular weight excluding hydrogens is 220 g/mol. The number of carbonyl (C=O) groups is 1. The summed E-state index contributed by atoms with van der Waals surface area (Å²) in [5, 5.41) is 0. The van der Waals surface area contributed by atoms with Gasteiger partial charge in [-0.15, -0.1) is 0 Å². The Morgan fingerprint density at radius 3 is 1.67 bits per heavy atom. The van der Waals surface area contributed by atoms with Crippen molar-refractivity contribution in [1.82, 2.24) is 0 Å². The molecular formula is C17H28O. The smallest absolute Gasteiger partial charge is 0.159 e. The molecule has 0 aliphatic carbocycles. The van der Waals surface area contributed by atoms with Gasteiger partial charge in [-0.3, -0.25) is 4.79 Å². The lowest BCUT2D eigenvalue weighted by Crippen LogP contribution is -1.93. The van der Waals surface area contributed by atoms with E-state index in [1.165, 1.54) is 11.1 Å². The second-order valence-electron chi connectivity index (χ2n) is 3.76. The van der Waals surface area contributed by atoms with Crippen LogP contribution in [0, 0.1) is 0 Å². The zero-order valence-corrected chi connectivity index (χ0v) is 13.2. The van der Waals surface area contributed by atoms with Crippen molar-refractivity contribution in [2.24, 2.45) is 0 Å². The fourth-order valence-electron chi connectivity index (χ4n) is 1.26. The highest BCUT2D eigenvalue weighted by atomic mass is 16.1. The standard InChI is InChI=1S/C13H16O.2C2H6/c1-9(2)10(3)12-6-5-7-13(8-12)11(4)14;2*1-2/h5-8H,1-4H3;2*1-2H3. The van der Waals surface area contributed by atoms with E-state index in [9.17, 15) is 4.79 Å². The molecule has 0 radical (unpaired) electrons. The summed E-state index contributed by atoms with van der Waals surface area (Å²) in [6, 6.07) is 7.77. The quantitative estimate of drug-likeness (QED) is 0.608. The molecule has 0 spiro atoms. The number of hydrogen-bond acceptors (Lipinski definition) is 1. The van der Waals surface area contributed by atoms with Gasteiger partial charge in [0.05, 0.1) is 0 Å². The average molecular weight is 248 g/mol. The number of benzene rings is 1. The normalized spacial score (nSPS) is 8.22. The molecule has 102 valence electrons. The first-order valence-electron chi connectivity index (χ1n) is 6.78. The number of carbonyl (C=O) groups excluding carboxylic acids is 1. The Morgan fingerprint density at radius 1 is 0.833 bits per heavy atom. The van der Waals surface area contributed by atoms with E-state index in [0.717, 1.165) is 11.1 Å². The molecule has 0 aliphatic heterocycles. The van der Waals surface area contributed by atoms with Crippen LogP contribution in [0.25, 0.3) is 5.57 Å². The molecule has 0 N–H and O–H groups in total. The van der Waals surface area contributed by atoms with Crippen molar-refractivity contribution in [2.45, 2.75) is 55.4 Å². The Kier molecular flexibility index (Phi) is 11.3. The molecule has 0 aromatic heterocycles. The Labute approximate surface area is 113 Å².